The number of hydrogen-bond acceptors (Lipinski definition) is 2. The summed E-state index contributed by atoms with van der Waals surface area (Å²) in [4.78, 5) is 0. The highest BCUT2D eigenvalue weighted by Crippen LogP contribution is 2.31. The summed E-state index contributed by atoms with van der Waals surface area (Å²) < 4.78 is 5.86. The molecule has 0 saturated carbocycles. The molecule has 0 aliphatic heterocycles. The summed E-state index contributed by atoms with van der Waals surface area (Å²) in [5, 5.41) is 8.11. The number of amidine groups is 1. The van der Waals surface area contributed by atoms with E-state index in [1.807, 2.05) is 32.0 Å². The summed E-state index contributed by atoms with van der Waals surface area (Å²) in [5.74, 6) is 1.19. The number of nitrogens with one attached hydrogen (secondary N) is 1. The lowest BCUT2D eigenvalue weighted by Gasteiger charge is -2.13. The van der Waals surface area contributed by atoms with E-state index < -0.39 is 0 Å². The van der Waals surface area contributed by atoms with Gasteiger partial charge < -0.3 is 10.5 Å². The van der Waals surface area contributed by atoms with Crippen molar-refractivity contribution in [2.75, 3.05) is 0 Å². The highest BCUT2D eigenvalue weighted by molar-refractivity contribution is 6.30. The third-order valence-electron chi connectivity index (χ3n) is 3.01. The van der Waals surface area contributed by atoms with E-state index in [1.54, 1.807) is 18.2 Å². The molecule has 0 fully saturated rings. The smallest absolute Gasteiger partial charge is 0.139 e. The molecule has 3 nitrogen and oxygen atoms in total. The molecule has 0 aliphatic rings. The van der Waals surface area contributed by atoms with Gasteiger partial charge in [0.1, 0.15) is 17.3 Å². The van der Waals surface area contributed by atoms with Crippen LogP contribution in [0.15, 0.2) is 36.4 Å². The topological polar surface area (TPSA) is 59.1 Å². The Labute approximate surface area is 117 Å². The zero-order chi connectivity index (χ0) is 14.0. The van der Waals surface area contributed by atoms with E-state index in [0.29, 0.717) is 16.3 Å². The van der Waals surface area contributed by atoms with Crippen molar-refractivity contribution in [2.24, 2.45) is 5.73 Å². The molecule has 0 amide bonds. The standard InChI is InChI=1S/C15H15ClN2O/c1-9-4-3-5-13(10(9)2)19-14-8-11(16)6-7-12(14)15(17)18/h3-8H,1-2H3,(H3,17,18). The van der Waals surface area contributed by atoms with E-state index in [9.17, 15) is 0 Å². The summed E-state index contributed by atoms with van der Waals surface area (Å²) in [6.07, 6.45) is 0. The van der Waals surface area contributed by atoms with Gasteiger partial charge in [0.05, 0.1) is 5.56 Å². The molecule has 0 aliphatic carbocycles. The molecule has 0 saturated heterocycles. The lowest BCUT2D eigenvalue weighted by atomic mass is 10.1. The zero-order valence-corrected chi connectivity index (χ0v) is 11.6. The number of rotatable bonds is 3. The maximum absolute atomic E-state index is 7.56. The third kappa shape index (κ3) is 2.88. The quantitative estimate of drug-likeness (QED) is 0.656. The van der Waals surface area contributed by atoms with Crippen LogP contribution in [0.1, 0.15) is 16.7 Å². The van der Waals surface area contributed by atoms with Crippen molar-refractivity contribution in [1.82, 2.24) is 0 Å². The van der Waals surface area contributed by atoms with Crippen LogP contribution < -0.4 is 10.5 Å². The van der Waals surface area contributed by atoms with E-state index in [2.05, 4.69) is 0 Å². The van der Waals surface area contributed by atoms with Crippen molar-refractivity contribution in [3.8, 4) is 11.5 Å². The van der Waals surface area contributed by atoms with Gasteiger partial charge in [0.15, 0.2) is 0 Å². The molecule has 0 radical (unpaired) electrons. The van der Waals surface area contributed by atoms with Crippen LogP contribution in [0.2, 0.25) is 5.02 Å². The minimum Gasteiger partial charge on any atom is -0.456 e. The first-order valence-electron chi connectivity index (χ1n) is 5.87. The van der Waals surface area contributed by atoms with Gasteiger partial charge in [-0.1, -0.05) is 23.7 Å². The number of nitrogens with two attached hydrogens (primary N) is 1. The molecule has 0 atom stereocenters. The fourth-order valence-corrected chi connectivity index (χ4v) is 1.92. The van der Waals surface area contributed by atoms with Crippen LogP contribution in [-0.4, -0.2) is 5.84 Å². The molecular formula is C15H15ClN2O. The summed E-state index contributed by atoms with van der Waals surface area (Å²) in [7, 11) is 0. The lowest BCUT2D eigenvalue weighted by molar-refractivity contribution is 0.477. The average Bonchev–Trinajstić information content (AvgIpc) is 2.35. The van der Waals surface area contributed by atoms with E-state index >= 15 is 0 Å². The van der Waals surface area contributed by atoms with Gasteiger partial charge in [-0.3, -0.25) is 5.41 Å². The Bertz CT molecular complexity index is 638. The Morgan fingerprint density at radius 2 is 1.89 bits per heavy atom. The number of benzene rings is 2. The van der Waals surface area contributed by atoms with Crippen LogP contribution in [0.3, 0.4) is 0 Å². The Morgan fingerprint density at radius 3 is 2.58 bits per heavy atom. The molecule has 0 heterocycles. The molecule has 3 N–H and O–H groups in total. The van der Waals surface area contributed by atoms with Crippen molar-refractivity contribution in [3.63, 3.8) is 0 Å². The number of ether oxygens (including phenoxy) is 1. The van der Waals surface area contributed by atoms with Gasteiger partial charge in [-0.15, -0.1) is 0 Å². The van der Waals surface area contributed by atoms with Crippen LogP contribution in [0, 0.1) is 19.3 Å². The monoisotopic (exact) mass is 274 g/mol. The fourth-order valence-electron chi connectivity index (χ4n) is 1.76. The first kappa shape index (κ1) is 13.4. The van der Waals surface area contributed by atoms with Gasteiger partial charge in [0, 0.05) is 11.1 Å². The molecule has 2 aromatic rings. The average molecular weight is 275 g/mol. The second kappa shape index (κ2) is 5.33. The molecule has 0 aromatic heterocycles. The first-order chi connectivity index (χ1) is 8.99. The van der Waals surface area contributed by atoms with Crippen LogP contribution in [0.5, 0.6) is 11.5 Å². The minimum absolute atomic E-state index is 0.0445. The largest absolute Gasteiger partial charge is 0.456 e. The molecule has 2 aromatic carbocycles. The van der Waals surface area contributed by atoms with Gasteiger partial charge >= 0.3 is 0 Å². The number of hydrogen-bond donors (Lipinski definition) is 2. The Morgan fingerprint density at radius 1 is 1.16 bits per heavy atom. The van der Waals surface area contributed by atoms with Crippen molar-refractivity contribution >= 4 is 17.4 Å². The highest BCUT2D eigenvalue weighted by Gasteiger charge is 2.10. The highest BCUT2D eigenvalue weighted by atomic mass is 35.5. The second-order valence-corrected chi connectivity index (χ2v) is 4.79. The van der Waals surface area contributed by atoms with Crippen LogP contribution in [-0.2, 0) is 0 Å². The normalized spacial score (nSPS) is 10.3. The van der Waals surface area contributed by atoms with Crippen molar-refractivity contribution in [3.05, 3.63) is 58.1 Å². The molecular weight excluding hydrogens is 260 g/mol. The predicted octanol–water partition coefficient (Wildman–Crippen LogP) is 4.03. The van der Waals surface area contributed by atoms with E-state index in [1.165, 1.54) is 0 Å². The molecule has 0 unspecified atom stereocenters. The van der Waals surface area contributed by atoms with Crippen LogP contribution in [0.4, 0.5) is 0 Å². The second-order valence-electron chi connectivity index (χ2n) is 4.35. The zero-order valence-electron chi connectivity index (χ0n) is 10.8. The number of aryl methyl sites for hydroxylation is 1. The summed E-state index contributed by atoms with van der Waals surface area (Å²) >= 11 is 5.97. The molecule has 2 rings (SSSR count). The molecule has 0 bridgehead atoms. The number of nitrogen functional groups attached to an aromatic ring is 1. The van der Waals surface area contributed by atoms with E-state index in [0.717, 1.165) is 16.9 Å². The molecule has 98 valence electrons. The van der Waals surface area contributed by atoms with Gasteiger partial charge in [0.25, 0.3) is 0 Å². The third-order valence-corrected chi connectivity index (χ3v) is 3.24. The van der Waals surface area contributed by atoms with Gasteiger partial charge in [-0.2, -0.15) is 0 Å². The van der Waals surface area contributed by atoms with Crippen molar-refractivity contribution in [1.29, 1.82) is 5.41 Å². The summed E-state index contributed by atoms with van der Waals surface area (Å²) in [5.41, 5.74) is 8.27. The van der Waals surface area contributed by atoms with Crippen molar-refractivity contribution in [2.45, 2.75) is 13.8 Å². The molecule has 0 spiro atoms. The van der Waals surface area contributed by atoms with Gasteiger partial charge in [0.2, 0.25) is 0 Å². The first-order valence-corrected chi connectivity index (χ1v) is 6.25. The molecule has 19 heavy (non-hydrogen) atoms. The van der Waals surface area contributed by atoms with Crippen molar-refractivity contribution < 1.29 is 4.74 Å². The minimum atomic E-state index is -0.0445. The Hall–Kier alpha value is -2.00. The predicted molar refractivity (Wildman–Crippen MR) is 78.5 cm³/mol. The molecule has 4 heteroatoms. The summed E-state index contributed by atoms with van der Waals surface area (Å²) in [6, 6.07) is 10.9. The fraction of sp³-hybridized carbons (Fsp3) is 0.133. The number of halogens is 1. The Kier molecular flexibility index (Phi) is 3.76. The SMILES string of the molecule is Cc1cccc(Oc2cc(Cl)ccc2C(=N)N)c1C. The van der Waals surface area contributed by atoms with Crippen LogP contribution >= 0.6 is 11.6 Å². The lowest BCUT2D eigenvalue weighted by Crippen LogP contribution is -2.12. The van der Waals surface area contributed by atoms with E-state index in [-0.39, 0.29) is 5.84 Å². The van der Waals surface area contributed by atoms with E-state index in [4.69, 9.17) is 27.5 Å². The maximum atomic E-state index is 7.56. The van der Waals surface area contributed by atoms with Gasteiger partial charge in [-0.25, -0.2) is 0 Å². The maximum Gasteiger partial charge on any atom is 0.139 e. The Balaban J connectivity index is 2.45. The van der Waals surface area contributed by atoms with Crippen LogP contribution in [0.25, 0.3) is 0 Å². The summed E-state index contributed by atoms with van der Waals surface area (Å²) in [6.45, 7) is 4.01. The van der Waals surface area contributed by atoms with Gasteiger partial charge in [-0.05, 0) is 43.2 Å².